The van der Waals surface area contributed by atoms with E-state index >= 15 is 0 Å². The first-order valence-electron chi connectivity index (χ1n) is 10.3. The van der Waals surface area contributed by atoms with Crippen molar-refractivity contribution in [3.8, 4) is 0 Å². The van der Waals surface area contributed by atoms with Gasteiger partial charge in [-0.05, 0) is 54.8 Å². The van der Waals surface area contributed by atoms with Crippen molar-refractivity contribution >= 4 is 27.5 Å². The molecule has 1 heterocycles. The van der Waals surface area contributed by atoms with Crippen molar-refractivity contribution in [1.82, 2.24) is 9.62 Å². The van der Waals surface area contributed by atoms with E-state index in [0.717, 1.165) is 18.4 Å². The molecule has 0 radical (unpaired) electrons. The highest BCUT2D eigenvalue weighted by Crippen LogP contribution is 2.30. The van der Waals surface area contributed by atoms with Crippen LogP contribution in [0.3, 0.4) is 0 Å². The summed E-state index contributed by atoms with van der Waals surface area (Å²) in [6.45, 7) is 1.78. The summed E-state index contributed by atoms with van der Waals surface area (Å²) in [5.41, 5.74) is 1.95. The van der Waals surface area contributed by atoms with Gasteiger partial charge in [0, 0.05) is 36.8 Å². The second-order valence-electron chi connectivity index (χ2n) is 7.68. The largest absolute Gasteiger partial charge is 0.379 e. The molecule has 1 saturated heterocycles. The third-order valence-electron chi connectivity index (χ3n) is 5.35. The van der Waals surface area contributed by atoms with Crippen LogP contribution in [-0.4, -0.2) is 50.8 Å². The Hall–Kier alpha value is -2.75. The van der Waals surface area contributed by atoms with Gasteiger partial charge in [0.25, 0.3) is 5.91 Å². The smallest absolute Gasteiger partial charge is 0.251 e. The van der Waals surface area contributed by atoms with Crippen LogP contribution in [0.5, 0.6) is 0 Å². The first-order chi connectivity index (χ1) is 14.9. The lowest BCUT2D eigenvalue weighted by Gasteiger charge is -2.26. The average molecular weight is 444 g/mol. The molecule has 0 bridgehead atoms. The molecule has 2 N–H and O–H groups in total. The molecule has 2 aliphatic rings. The normalized spacial score (nSPS) is 17.2. The number of hydrogen-bond acceptors (Lipinski definition) is 5. The minimum atomic E-state index is -3.53. The summed E-state index contributed by atoms with van der Waals surface area (Å²) in [7, 11) is -3.53. The molecule has 2 fully saturated rings. The number of morpholine rings is 1. The lowest BCUT2D eigenvalue weighted by atomic mass is 10.1. The Morgan fingerprint density at radius 1 is 0.968 bits per heavy atom. The highest BCUT2D eigenvalue weighted by atomic mass is 32.2. The Morgan fingerprint density at radius 2 is 1.61 bits per heavy atom. The number of nitrogens with one attached hydrogen (secondary N) is 2. The zero-order chi connectivity index (χ0) is 21.8. The van der Waals surface area contributed by atoms with Gasteiger partial charge in [-0.3, -0.25) is 9.59 Å². The second-order valence-corrected chi connectivity index (χ2v) is 9.62. The number of amides is 2. The molecule has 0 unspecified atom stereocenters. The fourth-order valence-electron chi connectivity index (χ4n) is 3.29. The number of benzene rings is 2. The predicted molar refractivity (Wildman–Crippen MR) is 115 cm³/mol. The number of sulfonamides is 1. The quantitative estimate of drug-likeness (QED) is 0.681. The molecule has 0 aromatic heterocycles. The summed E-state index contributed by atoms with van der Waals surface area (Å²) in [6, 6.07) is 13.3. The lowest BCUT2D eigenvalue weighted by Crippen LogP contribution is -2.40. The van der Waals surface area contributed by atoms with Crippen molar-refractivity contribution in [1.29, 1.82) is 0 Å². The monoisotopic (exact) mass is 443 g/mol. The van der Waals surface area contributed by atoms with E-state index in [4.69, 9.17) is 4.74 Å². The van der Waals surface area contributed by atoms with Crippen LogP contribution in [0, 0.1) is 5.92 Å². The van der Waals surface area contributed by atoms with E-state index in [1.807, 2.05) is 0 Å². The van der Waals surface area contributed by atoms with Crippen molar-refractivity contribution in [2.75, 3.05) is 31.6 Å². The van der Waals surface area contributed by atoms with E-state index in [0.29, 0.717) is 37.6 Å². The van der Waals surface area contributed by atoms with E-state index in [9.17, 15) is 18.0 Å². The van der Waals surface area contributed by atoms with Crippen molar-refractivity contribution in [3.63, 3.8) is 0 Å². The summed E-state index contributed by atoms with van der Waals surface area (Å²) in [5, 5.41) is 5.66. The van der Waals surface area contributed by atoms with Crippen LogP contribution in [0.2, 0.25) is 0 Å². The van der Waals surface area contributed by atoms with E-state index < -0.39 is 10.0 Å². The molecule has 2 aromatic rings. The zero-order valence-electron chi connectivity index (χ0n) is 17.0. The molecule has 164 valence electrons. The van der Waals surface area contributed by atoms with Crippen molar-refractivity contribution in [2.45, 2.75) is 24.3 Å². The summed E-state index contributed by atoms with van der Waals surface area (Å²) in [4.78, 5) is 24.4. The first kappa shape index (κ1) is 21.5. The highest BCUT2D eigenvalue weighted by molar-refractivity contribution is 7.89. The highest BCUT2D eigenvalue weighted by Gasteiger charge is 2.29. The van der Waals surface area contributed by atoms with Gasteiger partial charge >= 0.3 is 0 Å². The number of rotatable bonds is 7. The van der Waals surface area contributed by atoms with Crippen LogP contribution in [-0.2, 0) is 26.1 Å². The summed E-state index contributed by atoms with van der Waals surface area (Å²) in [6.07, 6.45) is 1.87. The molecule has 1 aliphatic heterocycles. The maximum absolute atomic E-state index is 12.7. The molecule has 2 amide bonds. The summed E-state index contributed by atoms with van der Waals surface area (Å²) >= 11 is 0. The molecule has 9 heteroatoms. The molecule has 0 spiro atoms. The fraction of sp³-hybridized carbons (Fsp3) is 0.364. The predicted octanol–water partition coefficient (Wildman–Crippen LogP) is 1.99. The van der Waals surface area contributed by atoms with Gasteiger partial charge in [0.05, 0.1) is 18.1 Å². The molecular formula is C22H25N3O5S. The third-order valence-corrected chi connectivity index (χ3v) is 7.26. The molecule has 4 rings (SSSR count). The van der Waals surface area contributed by atoms with Crippen LogP contribution in [0.15, 0.2) is 53.4 Å². The maximum Gasteiger partial charge on any atom is 0.251 e. The van der Waals surface area contributed by atoms with Gasteiger partial charge in [-0.15, -0.1) is 0 Å². The molecule has 31 heavy (non-hydrogen) atoms. The molecule has 8 nitrogen and oxygen atoms in total. The van der Waals surface area contributed by atoms with Crippen LogP contribution in [0.4, 0.5) is 5.69 Å². The number of carbonyl (C=O) groups excluding carboxylic acids is 2. The van der Waals surface area contributed by atoms with Crippen molar-refractivity contribution in [2.24, 2.45) is 5.92 Å². The van der Waals surface area contributed by atoms with E-state index in [1.165, 1.54) is 4.31 Å². The average Bonchev–Trinajstić information content (AvgIpc) is 3.64. The zero-order valence-corrected chi connectivity index (χ0v) is 17.9. The summed E-state index contributed by atoms with van der Waals surface area (Å²) < 4.78 is 31.9. The van der Waals surface area contributed by atoms with Gasteiger partial charge in [-0.25, -0.2) is 8.42 Å². The Kier molecular flexibility index (Phi) is 6.35. The Morgan fingerprint density at radius 3 is 2.23 bits per heavy atom. The fourth-order valence-corrected chi connectivity index (χ4v) is 4.70. The van der Waals surface area contributed by atoms with E-state index in [1.54, 1.807) is 48.5 Å². The lowest BCUT2D eigenvalue weighted by molar-refractivity contribution is -0.117. The number of anilines is 1. The number of hydrogen-bond donors (Lipinski definition) is 2. The minimum Gasteiger partial charge on any atom is -0.379 e. The molecule has 0 atom stereocenters. The SMILES string of the molecule is O=C(NCc1ccc(S(=O)(=O)N2CCOCC2)cc1)c1ccc(NC(=O)C2CC2)cc1. The Labute approximate surface area is 181 Å². The van der Waals surface area contributed by atoms with E-state index in [-0.39, 0.29) is 29.2 Å². The van der Waals surface area contributed by atoms with Crippen LogP contribution < -0.4 is 10.6 Å². The standard InChI is InChI=1S/C22H25N3O5S/c26-21(17-5-7-19(8-6-17)24-22(27)18-3-4-18)23-15-16-1-9-20(10-2-16)31(28,29)25-11-13-30-14-12-25/h1-2,5-10,18H,3-4,11-15H2,(H,23,26)(H,24,27). The third kappa shape index (κ3) is 5.30. The van der Waals surface area contributed by atoms with Crippen molar-refractivity contribution in [3.05, 3.63) is 59.7 Å². The topological polar surface area (TPSA) is 105 Å². The Balaban J connectivity index is 1.31. The number of nitrogens with zero attached hydrogens (tertiary/aromatic N) is 1. The van der Waals surface area contributed by atoms with E-state index in [2.05, 4.69) is 10.6 Å². The van der Waals surface area contributed by atoms with Crippen molar-refractivity contribution < 1.29 is 22.7 Å². The van der Waals surface area contributed by atoms with Crippen LogP contribution in [0.1, 0.15) is 28.8 Å². The minimum absolute atomic E-state index is 0.0243. The molecular weight excluding hydrogens is 418 g/mol. The Bertz CT molecular complexity index is 1040. The second kappa shape index (κ2) is 9.17. The summed E-state index contributed by atoms with van der Waals surface area (Å²) in [5.74, 6) is -0.0976. The molecule has 1 saturated carbocycles. The van der Waals surface area contributed by atoms with Gasteiger partial charge < -0.3 is 15.4 Å². The van der Waals surface area contributed by atoms with Gasteiger partial charge in [-0.1, -0.05) is 12.1 Å². The van der Waals surface area contributed by atoms with Crippen LogP contribution in [0.25, 0.3) is 0 Å². The molecule has 1 aliphatic carbocycles. The number of carbonyl (C=O) groups is 2. The van der Waals surface area contributed by atoms with Gasteiger partial charge in [-0.2, -0.15) is 4.31 Å². The van der Waals surface area contributed by atoms with Gasteiger partial charge in [0.15, 0.2) is 0 Å². The van der Waals surface area contributed by atoms with Crippen LogP contribution >= 0.6 is 0 Å². The first-order valence-corrected chi connectivity index (χ1v) is 11.7. The van der Waals surface area contributed by atoms with Gasteiger partial charge in [0.1, 0.15) is 0 Å². The number of ether oxygens (including phenoxy) is 1. The molecule has 2 aromatic carbocycles. The van der Waals surface area contributed by atoms with Gasteiger partial charge in [0.2, 0.25) is 15.9 Å². The maximum atomic E-state index is 12.7.